The number of hydrogen-bond acceptors (Lipinski definition) is 4. The first kappa shape index (κ1) is 19.4. The molecule has 0 spiro atoms. The number of carbonyl (C=O) groups is 2. The lowest BCUT2D eigenvalue weighted by Gasteiger charge is -2.44. The maximum absolute atomic E-state index is 13.2. The molecule has 2 aliphatic carbocycles. The second-order valence-electron chi connectivity index (χ2n) is 9.93. The van der Waals surface area contributed by atoms with Crippen LogP contribution in [0.15, 0.2) is 45.2 Å². The van der Waals surface area contributed by atoms with Gasteiger partial charge in [0, 0.05) is 51.3 Å². The average Bonchev–Trinajstić information content (AvgIpc) is 2.52. The monoisotopic (exact) mass is 443 g/mol. The Morgan fingerprint density at radius 1 is 0.929 bits per heavy atom. The third kappa shape index (κ3) is 3.24. The Labute approximate surface area is 174 Å². The van der Waals surface area contributed by atoms with Crippen molar-refractivity contribution in [3.8, 4) is 5.75 Å². The highest BCUT2D eigenvalue weighted by atomic mass is 79.9. The third-order valence-corrected chi connectivity index (χ3v) is 6.51. The highest BCUT2D eigenvalue weighted by Gasteiger charge is 2.46. The number of ketones is 2. The Kier molecular flexibility index (Phi) is 4.38. The molecular formula is C23H26BrNO3. The number of carbonyl (C=O) groups excluding carboxylic acids is 2. The number of phenolic OH excluding ortho intramolecular Hbond substituents is 1. The van der Waals surface area contributed by atoms with Crippen LogP contribution in [0.1, 0.15) is 64.9 Å². The molecule has 4 rings (SSSR count). The second kappa shape index (κ2) is 6.31. The van der Waals surface area contributed by atoms with Crippen molar-refractivity contribution in [2.24, 2.45) is 10.8 Å². The Balaban J connectivity index is 1.96. The van der Waals surface area contributed by atoms with Crippen molar-refractivity contribution in [3.63, 3.8) is 0 Å². The van der Waals surface area contributed by atoms with Crippen LogP contribution in [-0.2, 0) is 9.59 Å². The van der Waals surface area contributed by atoms with Gasteiger partial charge in [-0.1, -0.05) is 43.6 Å². The minimum absolute atomic E-state index is 0.0623. The van der Waals surface area contributed by atoms with Crippen LogP contribution in [0.4, 0.5) is 0 Å². The molecule has 0 fully saturated rings. The van der Waals surface area contributed by atoms with Gasteiger partial charge in [0.15, 0.2) is 11.6 Å². The number of hydrogen-bond donors (Lipinski definition) is 2. The van der Waals surface area contributed by atoms with Crippen molar-refractivity contribution in [1.29, 1.82) is 0 Å². The van der Waals surface area contributed by atoms with E-state index in [9.17, 15) is 14.7 Å². The van der Waals surface area contributed by atoms with Crippen LogP contribution in [0.5, 0.6) is 5.75 Å². The molecule has 1 aromatic carbocycles. The molecule has 2 N–H and O–H groups in total. The van der Waals surface area contributed by atoms with Crippen LogP contribution >= 0.6 is 15.9 Å². The maximum atomic E-state index is 13.2. The molecule has 0 radical (unpaired) electrons. The molecule has 0 unspecified atom stereocenters. The molecule has 0 saturated carbocycles. The molecule has 0 atom stereocenters. The topological polar surface area (TPSA) is 66.4 Å². The fraction of sp³-hybridized carbons (Fsp3) is 0.478. The Morgan fingerprint density at radius 3 is 1.93 bits per heavy atom. The summed E-state index contributed by atoms with van der Waals surface area (Å²) < 4.78 is 0.815. The van der Waals surface area contributed by atoms with Gasteiger partial charge in [-0.25, -0.2) is 0 Å². The summed E-state index contributed by atoms with van der Waals surface area (Å²) in [6, 6.07) is 5.22. The van der Waals surface area contributed by atoms with Crippen molar-refractivity contribution in [2.75, 3.05) is 0 Å². The van der Waals surface area contributed by atoms with Crippen molar-refractivity contribution in [2.45, 2.75) is 59.3 Å². The van der Waals surface area contributed by atoms with E-state index in [1.807, 2.05) is 6.07 Å². The first-order valence-electron chi connectivity index (χ1n) is 9.75. The number of aromatic hydroxyl groups is 1. The Morgan fingerprint density at radius 2 is 1.43 bits per heavy atom. The summed E-state index contributed by atoms with van der Waals surface area (Å²) >= 11 is 3.48. The third-order valence-electron chi connectivity index (χ3n) is 6.02. The molecule has 3 aliphatic rings. The summed E-state index contributed by atoms with van der Waals surface area (Å²) in [7, 11) is 0. The number of dihydropyridines is 1. The predicted molar refractivity (Wildman–Crippen MR) is 112 cm³/mol. The van der Waals surface area contributed by atoms with Crippen molar-refractivity contribution in [1.82, 2.24) is 5.32 Å². The van der Waals surface area contributed by atoms with E-state index in [4.69, 9.17) is 0 Å². The lowest BCUT2D eigenvalue weighted by molar-refractivity contribution is -0.119. The first-order chi connectivity index (χ1) is 13.0. The largest absolute Gasteiger partial charge is 0.508 e. The molecule has 0 aromatic heterocycles. The maximum Gasteiger partial charge on any atom is 0.162 e. The van der Waals surface area contributed by atoms with Gasteiger partial charge in [0.2, 0.25) is 0 Å². The van der Waals surface area contributed by atoms with Gasteiger partial charge in [-0.2, -0.15) is 0 Å². The number of phenols is 1. The zero-order valence-corrected chi connectivity index (χ0v) is 18.4. The van der Waals surface area contributed by atoms with Crippen LogP contribution in [0, 0.1) is 10.8 Å². The lowest BCUT2D eigenvalue weighted by atomic mass is 9.64. The van der Waals surface area contributed by atoms with E-state index in [-0.39, 0.29) is 28.1 Å². The van der Waals surface area contributed by atoms with Gasteiger partial charge in [0.25, 0.3) is 0 Å². The summed E-state index contributed by atoms with van der Waals surface area (Å²) in [6.07, 6.45) is 2.40. The highest BCUT2D eigenvalue weighted by Crippen LogP contribution is 2.52. The normalized spacial score (nSPS) is 24.0. The van der Waals surface area contributed by atoms with E-state index in [1.165, 1.54) is 0 Å². The lowest BCUT2D eigenvalue weighted by Crippen LogP contribution is -2.42. The van der Waals surface area contributed by atoms with E-state index in [0.29, 0.717) is 29.6 Å². The van der Waals surface area contributed by atoms with Crippen LogP contribution < -0.4 is 5.32 Å². The predicted octanol–water partition coefficient (Wildman–Crippen LogP) is 5.13. The number of halogens is 1. The number of Topliss-reactive ketones (excluding diaryl/α,β-unsaturated/α-hetero) is 2. The zero-order valence-electron chi connectivity index (χ0n) is 16.8. The van der Waals surface area contributed by atoms with Crippen LogP contribution in [0.2, 0.25) is 0 Å². The van der Waals surface area contributed by atoms with E-state index < -0.39 is 5.92 Å². The number of allylic oxidation sites excluding steroid dienone is 4. The van der Waals surface area contributed by atoms with Crippen molar-refractivity contribution in [3.05, 3.63) is 50.8 Å². The molecule has 0 bridgehead atoms. The molecule has 4 nitrogen and oxygen atoms in total. The fourth-order valence-electron chi connectivity index (χ4n) is 4.96. The summed E-state index contributed by atoms with van der Waals surface area (Å²) in [6.45, 7) is 8.40. The van der Waals surface area contributed by atoms with Crippen LogP contribution in [0.3, 0.4) is 0 Å². The molecule has 1 heterocycles. The minimum Gasteiger partial charge on any atom is -0.508 e. The van der Waals surface area contributed by atoms with Gasteiger partial charge in [-0.3, -0.25) is 9.59 Å². The minimum atomic E-state index is -0.504. The number of rotatable bonds is 1. The first-order valence-corrected chi connectivity index (χ1v) is 10.5. The molecular weight excluding hydrogens is 418 g/mol. The number of nitrogens with one attached hydrogen (secondary N) is 1. The summed E-state index contributed by atoms with van der Waals surface area (Å²) in [4.78, 5) is 26.4. The standard InChI is InChI=1S/C23H26BrNO3/c1-22(2)8-14-20(17(27)10-22)19(13-7-12(24)5-6-16(13)26)21-15(25-14)9-23(3,4)11-18(21)28/h5-7,19,25-26H,8-11H2,1-4H3. The van der Waals surface area contributed by atoms with E-state index >= 15 is 0 Å². The Hall–Kier alpha value is -1.88. The molecule has 0 amide bonds. The Bertz CT molecular complexity index is 916. The number of benzene rings is 1. The summed E-state index contributed by atoms with van der Waals surface area (Å²) in [5.41, 5.74) is 3.50. The average molecular weight is 444 g/mol. The molecule has 5 heteroatoms. The van der Waals surface area contributed by atoms with Gasteiger partial charge < -0.3 is 10.4 Å². The van der Waals surface area contributed by atoms with E-state index in [0.717, 1.165) is 28.7 Å². The van der Waals surface area contributed by atoms with Gasteiger partial charge in [0.1, 0.15) is 5.75 Å². The summed E-state index contributed by atoms with van der Waals surface area (Å²) in [5.74, 6) is -0.264. The molecule has 28 heavy (non-hydrogen) atoms. The second-order valence-corrected chi connectivity index (χ2v) is 10.8. The smallest absolute Gasteiger partial charge is 0.162 e. The summed E-state index contributed by atoms with van der Waals surface area (Å²) in [5, 5.41) is 14.1. The molecule has 1 aromatic rings. The van der Waals surface area contributed by atoms with E-state index in [1.54, 1.807) is 12.1 Å². The van der Waals surface area contributed by atoms with Gasteiger partial charge in [-0.15, -0.1) is 0 Å². The van der Waals surface area contributed by atoms with E-state index in [2.05, 4.69) is 48.9 Å². The van der Waals surface area contributed by atoms with Crippen LogP contribution in [-0.4, -0.2) is 16.7 Å². The molecule has 148 valence electrons. The van der Waals surface area contributed by atoms with Crippen molar-refractivity contribution >= 4 is 27.5 Å². The van der Waals surface area contributed by atoms with Crippen molar-refractivity contribution < 1.29 is 14.7 Å². The van der Waals surface area contributed by atoms with Gasteiger partial charge in [-0.05, 0) is 41.9 Å². The van der Waals surface area contributed by atoms with Gasteiger partial charge in [0.05, 0.1) is 0 Å². The highest BCUT2D eigenvalue weighted by molar-refractivity contribution is 9.10. The molecule has 0 saturated heterocycles. The van der Waals surface area contributed by atoms with Crippen LogP contribution in [0.25, 0.3) is 0 Å². The zero-order chi connectivity index (χ0) is 20.4. The SMILES string of the molecule is CC1(C)CC(=O)C2=C(C1)NC1=C(C(=O)CC(C)(C)C1)C2c1cc(Br)ccc1O. The van der Waals surface area contributed by atoms with Gasteiger partial charge >= 0.3 is 0 Å². The molecule has 1 aliphatic heterocycles. The fourth-order valence-corrected chi connectivity index (χ4v) is 5.34. The quantitative estimate of drug-likeness (QED) is 0.631.